The van der Waals surface area contributed by atoms with Crippen LogP contribution in [0.15, 0.2) is 36.9 Å². The van der Waals surface area contributed by atoms with Gasteiger partial charge in [-0.25, -0.2) is 8.78 Å². The number of aromatic nitrogens is 2. The van der Waals surface area contributed by atoms with Gasteiger partial charge in [0.15, 0.2) is 5.69 Å². The molecule has 3 aliphatic heterocycles. The average Bonchev–Trinajstić information content (AvgIpc) is 3.24. The van der Waals surface area contributed by atoms with Crippen molar-refractivity contribution in [2.24, 2.45) is 0 Å². The summed E-state index contributed by atoms with van der Waals surface area (Å²) >= 11 is 6.37. The van der Waals surface area contributed by atoms with E-state index in [2.05, 4.69) is 11.7 Å². The smallest absolute Gasteiger partial charge is 0.334 e. The van der Waals surface area contributed by atoms with Crippen molar-refractivity contribution in [3.05, 3.63) is 53.3 Å². The minimum Gasteiger partial charge on any atom is -0.334 e. The number of carbonyl (C=O) groups excluding carboxylic acids is 2. The van der Waals surface area contributed by atoms with E-state index < -0.39 is 55.5 Å². The number of halogens is 6. The lowest BCUT2D eigenvalue weighted by molar-refractivity contribution is -0.212. The number of nitrogens with zero attached hydrogens (tertiary/aromatic N) is 5. The van der Waals surface area contributed by atoms with Gasteiger partial charge in [0.25, 0.3) is 11.8 Å². The molecule has 2 aromatic rings. The number of amides is 2. The van der Waals surface area contributed by atoms with Crippen molar-refractivity contribution in [1.82, 2.24) is 24.5 Å². The molecule has 210 valence electrons. The number of hydrogen-bond acceptors (Lipinski definition) is 4. The molecule has 13 heteroatoms. The summed E-state index contributed by atoms with van der Waals surface area (Å²) in [7, 11) is 0. The minimum atomic E-state index is -4.65. The molecular formula is C26H27ClF5N5O2. The van der Waals surface area contributed by atoms with Crippen molar-refractivity contribution < 1.29 is 31.5 Å². The van der Waals surface area contributed by atoms with Crippen LogP contribution in [0.5, 0.6) is 0 Å². The molecule has 0 unspecified atom stereocenters. The van der Waals surface area contributed by atoms with Crippen molar-refractivity contribution >= 4 is 23.4 Å². The Kier molecular flexibility index (Phi) is 6.99. The number of piperazine rings is 1. The SMILES string of the molecule is C=CC(=O)N1C[C@@H](N2CCN(C(=O)c3nn4c(c3-c3ccccc3Cl)CC(F)(F)CC4)C[C@@H]2C(F)(F)F)[C@H]1C. The summed E-state index contributed by atoms with van der Waals surface area (Å²) in [6.45, 7) is 4.36. The molecule has 39 heavy (non-hydrogen) atoms. The molecule has 1 aromatic carbocycles. The number of fused-ring (bicyclic) bond motifs is 1. The van der Waals surface area contributed by atoms with Crippen LogP contribution in [0, 0.1) is 0 Å². The summed E-state index contributed by atoms with van der Waals surface area (Å²) in [5.74, 6) is -4.13. The number of alkyl halides is 5. The van der Waals surface area contributed by atoms with E-state index in [1.807, 2.05) is 0 Å². The Morgan fingerprint density at radius 3 is 2.51 bits per heavy atom. The molecule has 3 atom stereocenters. The van der Waals surface area contributed by atoms with Crippen molar-refractivity contribution in [2.45, 2.75) is 56.5 Å². The molecule has 2 saturated heterocycles. The normalized spacial score (nSPS) is 25.2. The second kappa shape index (κ2) is 9.88. The van der Waals surface area contributed by atoms with Crippen molar-refractivity contribution in [1.29, 1.82) is 0 Å². The third-order valence-electron chi connectivity index (χ3n) is 7.92. The Morgan fingerprint density at radius 2 is 1.87 bits per heavy atom. The lowest BCUT2D eigenvalue weighted by atomic mass is 9.92. The van der Waals surface area contributed by atoms with Gasteiger partial charge in [-0.1, -0.05) is 36.4 Å². The first kappa shape index (κ1) is 27.6. The van der Waals surface area contributed by atoms with Crippen molar-refractivity contribution in [3.8, 4) is 11.1 Å². The molecule has 4 heterocycles. The van der Waals surface area contributed by atoms with Gasteiger partial charge in [-0.2, -0.15) is 18.3 Å². The molecule has 0 spiro atoms. The number of aryl methyl sites for hydroxylation is 1. The molecule has 0 saturated carbocycles. The van der Waals surface area contributed by atoms with Crippen LogP contribution < -0.4 is 0 Å². The van der Waals surface area contributed by atoms with E-state index in [-0.39, 0.29) is 54.1 Å². The topological polar surface area (TPSA) is 61.7 Å². The highest BCUT2D eigenvalue weighted by Gasteiger charge is 2.54. The average molecular weight is 572 g/mol. The minimum absolute atomic E-state index is 0.0235. The number of rotatable bonds is 4. The zero-order valence-electron chi connectivity index (χ0n) is 21.1. The number of carbonyl (C=O) groups is 2. The van der Waals surface area contributed by atoms with E-state index in [0.29, 0.717) is 5.56 Å². The number of likely N-dealkylation sites (tertiary alicyclic amines) is 1. The summed E-state index contributed by atoms with van der Waals surface area (Å²) in [4.78, 5) is 29.5. The Bertz CT molecular complexity index is 1310. The first-order valence-electron chi connectivity index (χ1n) is 12.6. The fraction of sp³-hybridized carbons (Fsp3) is 0.500. The van der Waals surface area contributed by atoms with Gasteiger partial charge in [0, 0.05) is 67.4 Å². The zero-order chi connectivity index (χ0) is 28.3. The lowest BCUT2D eigenvalue weighted by Gasteiger charge is -2.55. The van der Waals surface area contributed by atoms with Gasteiger partial charge in [-0.15, -0.1) is 0 Å². The first-order chi connectivity index (χ1) is 18.3. The largest absolute Gasteiger partial charge is 0.405 e. The van der Waals surface area contributed by atoms with E-state index in [4.69, 9.17) is 11.6 Å². The fourth-order valence-electron chi connectivity index (χ4n) is 5.76. The molecule has 0 N–H and O–H groups in total. The maximum atomic E-state index is 14.4. The van der Waals surface area contributed by atoms with Crippen LogP contribution in [-0.2, 0) is 17.8 Å². The summed E-state index contributed by atoms with van der Waals surface area (Å²) in [5, 5.41) is 4.53. The molecule has 0 radical (unpaired) electrons. The van der Waals surface area contributed by atoms with Gasteiger partial charge < -0.3 is 9.80 Å². The molecule has 2 amide bonds. The van der Waals surface area contributed by atoms with Crippen LogP contribution in [0.1, 0.15) is 29.5 Å². The molecule has 5 rings (SSSR count). The quantitative estimate of drug-likeness (QED) is 0.407. The van der Waals surface area contributed by atoms with E-state index in [1.54, 1.807) is 31.2 Å². The fourth-order valence-corrected chi connectivity index (χ4v) is 5.99. The Balaban J connectivity index is 1.46. The third-order valence-corrected chi connectivity index (χ3v) is 8.25. The number of benzene rings is 1. The summed E-state index contributed by atoms with van der Waals surface area (Å²) < 4.78 is 72.9. The van der Waals surface area contributed by atoms with Gasteiger partial charge in [-0.3, -0.25) is 19.2 Å². The maximum Gasteiger partial charge on any atom is 0.405 e. The Hall–Kier alpha value is -2.99. The second-order valence-electron chi connectivity index (χ2n) is 10.2. The molecule has 1 aromatic heterocycles. The summed E-state index contributed by atoms with van der Waals surface area (Å²) in [5.41, 5.74) is 0.388. The van der Waals surface area contributed by atoms with Gasteiger partial charge in [0.2, 0.25) is 5.91 Å². The predicted octanol–water partition coefficient (Wildman–Crippen LogP) is 4.26. The van der Waals surface area contributed by atoms with E-state index >= 15 is 0 Å². The highest BCUT2D eigenvalue weighted by Crippen LogP contribution is 2.40. The standard InChI is InChI=1S/C26H27ClF5N5O2/c1-3-21(38)36-13-19(15(36)2)35-11-10-34(14-20(35)26(30,31)32)24(39)23-22(16-6-4-5-7-17(16)27)18-12-25(28,29)8-9-37(18)33-23/h3-7,15,19-20H,1,8-14H2,2H3/t15-,19-,20-/m1/s1. The van der Waals surface area contributed by atoms with Crippen LogP contribution in [0.4, 0.5) is 22.0 Å². The van der Waals surface area contributed by atoms with Crippen LogP contribution in [0.2, 0.25) is 5.02 Å². The Labute approximate surface area is 226 Å². The number of hydrogen-bond donors (Lipinski definition) is 0. The molecular weight excluding hydrogens is 545 g/mol. The molecule has 0 bridgehead atoms. The molecule has 0 aliphatic carbocycles. The second-order valence-corrected chi connectivity index (χ2v) is 10.6. The monoisotopic (exact) mass is 571 g/mol. The summed E-state index contributed by atoms with van der Waals surface area (Å²) in [6.07, 6.45) is -4.65. The van der Waals surface area contributed by atoms with Gasteiger partial charge in [0.05, 0.1) is 12.1 Å². The van der Waals surface area contributed by atoms with Crippen LogP contribution >= 0.6 is 11.6 Å². The molecule has 2 fully saturated rings. The van der Waals surface area contributed by atoms with Gasteiger partial charge in [0.1, 0.15) is 6.04 Å². The van der Waals surface area contributed by atoms with Crippen LogP contribution in [-0.4, -0.2) is 92.7 Å². The van der Waals surface area contributed by atoms with E-state index in [1.165, 1.54) is 14.5 Å². The first-order valence-corrected chi connectivity index (χ1v) is 13.0. The maximum absolute atomic E-state index is 14.4. The lowest BCUT2D eigenvalue weighted by Crippen LogP contribution is -2.73. The molecule has 7 nitrogen and oxygen atoms in total. The Morgan fingerprint density at radius 1 is 1.15 bits per heavy atom. The van der Waals surface area contributed by atoms with E-state index in [0.717, 1.165) is 11.0 Å². The zero-order valence-corrected chi connectivity index (χ0v) is 21.9. The predicted molar refractivity (Wildman–Crippen MR) is 134 cm³/mol. The van der Waals surface area contributed by atoms with Gasteiger partial charge in [-0.05, 0) is 19.1 Å². The van der Waals surface area contributed by atoms with E-state index in [9.17, 15) is 31.5 Å². The third kappa shape index (κ3) is 4.93. The molecule has 3 aliphatic rings. The van der Waals surface area contributed by atoms with Gasteiger partial charge >= 0.3 is 6.18 Å². The summed E-state index contributed by atoms with van der Waals surface area (Å²) in [6, 6.07) is 3.47. The highest BCUT2D eigenvalue weighted by atomic mass is 35.5. The van der Waals surface area contributed by atoms with Crippen molar-refractivity contribution in [3.63, 3.8) is 0 Å². The van der Waals surface area contributed by atoms with Crippen LogP contribution in [0.3, 0.4) is 0 Å². The highest BCUT2D eigenvalue weighted by molar-refractivity contribution is 6.33. The van der Waals surface area contributed by atoms with Crippen LogP contribution in [0.25, 0.3) is 11.1 Å². The van der Waals surface area contributed by atoms with Crippen molar-refractivity contribution in [2.75, 3.05) is 26.2 Å².